The van der Waals surface area contributed by atoms with Crippen LogP contribution >= 0.6 is 11.6 Å². The molecule has 130 valence electrons. The van der Waals surface area contributed by atoms with Gasteiger partial charge in [0.05, 0.1) is 41.6 Å². The van der Waals surface area contributed by atoms with Gasteiger partial charge in [0.1, 0.15) is 5.15 Å². The van der Waals surface area contributed by atoms with Gasteiger partial charge >= 0.3 is 0 Å². The summed E-state index contributed by atoms with van der Waals surface area (Å²) in [7, 11) is 1.86. The van der Waals surface area contributed by atoms with Crippen LogP contribution in [0.2, 0.25) is 5.15 Å². The number of halogens is 1. The molecule has 1 atom stereocenters. The number of hydrogen-bond acceptors (Lipinski definition) is 3. The summed E-state index contributed by atoms with van der Waals surface area (Å²) in [5, 5.41) is 5.12. The summed E-state index contributed by atoms with van der Waals surface area (Å²) < 4.78 is 9.70. The first-order valence-corrected chi connectivity index (χ1v) is 8.94. The summed E-state index contributed by atoms with van der Waals surface area (Å²) in [4.78, 5) is 4.71. The second kappa shape index (κ2) is 6.65. The maximum absolute atomic E-state index is 6.58. The maximum atomic E-state index is 6.58. The summed E-state index contributed by atoms with van der Waals surface area (Å²) in [5.41, 5.74) is 4.86. The minimum Gasteiger partial charge on any atom is -0.376 e. The zero-order valence-electron chi connectivity index (χ0n) is 14.4. The molecule has 0 radical (unpaired) electrons. The van der Waals surface area contributed by atoms with Crippen molar-refractivity contribution in [3.05, 3.63) is 47.5 Å². The van der Waals surface area contributed by atoms with Crippen LogP contribution in [-0.2, 0) is 18.3 Å². The van der Waals surface area contributed by atoms with Crippen LogP contribution in [0.25, 0.3) is 22.5 Å². The molecule has 1 aliphatic heterocycles. The van der Waals surface area contributed by atoms with Crippen molar-refractivity contribution in [2.24, 2.45) is 7.05 Å². The van der Waals surface area contributed by atoms with E-state index in [9.17, 15) is 0 Å². The van der Waals surface area contributed by atoms with E-state index in [0.717, 1.165) is 54.2 Å². The smallest absolute Gasteiger partial charge is 0.136 e. The molecule has 0 unspecified atom stereocenters. The van der Waals surface area contributed by atoms with Crippen LogP contribution in [-0.4, -0.2) is 32.0 Å². The Morgan fingerprint density at radius 1 is 1.28 bits per heavy atom. The first-order valence-electron chi connectivity index (χ1n) is 8.56. The number of hydrogen-bond donors (Lipinski definition) is 0. The third-order valence-corrected chi connectivity index (χ3v) is 5.13. The summed E-state index contributed by atoms with van der Waals surface area (Å²) in [6.07, 6.45) is 4.32. The lowest BCUT2D eigenvalue weighted by Crippen LogP contribution is -2.15. The first kappa shape index (κ1) is 16.4. The molecule has 1 saturated heterocycles. The first-order chi connectivity index (χ1) is 12.1. The lowest BCUT2D eigenvalue weighted by molar-refractivity contribution is 0.0973. The Morgan fingerprint density at radius 2 is 2.08 bits per heavy atom. The van der Waals surface area contributed by atoms with Gasteiger partial charge in [-0.25, -0.2) is 4.98 Å². The van der Waals surface area contributed by atoms with Crippen LogP contribution in [0.5, 0.6) is 0 Å². The molecule has 4 rings (SSSR count). The van der Waals surface area contributed by atoms with Crippen molar-refractivity contribution in [3.63, 3.8) is 0 Å². The van der Waals surface area contributed by atoms with Gasteiger partial charge in [-0.3, -0.25) is 4.68 Å². The maximum Gasteiger partial charge on any atom is 0.136 e. The predicted molar refractivity (Wildman–Crippen MR) is 98.6 cm³/mol. The Hall–Kier alpha value is -2.11. The molecule has 1 aromatic carbocycles. The molecule has 1 fully saturated rings. The van der Waals surface area contributed by atoms with Crippen LogP contribution in [0.1, 0.15) is 18.5 Å². The SMILES string of the molecule is Cc1nn(C)c(Cl)c1-c1c(-c2ccccc2)ncn1C[C@H]1CCCO1. The second-order valence-corrected chi connectivity index (χ2v) is 6.83. The van der Waals surface area contributed by atoms with Crippen LogP contribution in [0.3, 0.4) is 0 Å². The van der Waals surface area contributed by atoms with E-state index in [1.807, 2.05) is 38.5 Å². The van der Waals surface area contributed by atoms with Crippen molar-refractivity contribution in [2.75, 3.05) is 6.61 Å². The Morgan fingerprint density at radius 3 is 2.72 bits per heavy atom. The molecule has 6 heteroatoms. The minimum atomic E-state index is 0.229. The van der Waals surface area contributed by atoms with Gasteiger partial charge in [-0.05, 0) is 19.8 Å². The Labute approximate surface area is 152 Å². The molecule has 0 aliphatic carbocycles. The highest BCUT2D eigenvalue weighted by Gasteiger charge is 2.25. The molecule has 0 saturated carbocycles. The molecular formula is C19H21ClN4O. The lowest BCUT2D eigenvalue weighted by atomic mass is 10.1. The van der Waals surface area contributed by atoms with Crippen LogP contribution < -0.4 is 0 Å². The van der Waals surface area contributed by atoms with E-state index in [4.69, 9.17) is 21.3 Å². The Balaban J connectivity index is 1.87. The van der Waals surface area contributed by atoms with Crippen molar-refractivity contribution >= 4 is 11.6 Å². The number of imidazole rings is 1. The van der Waals surface area contributed by atoms with Gasteiger partial charge < -0.3 is 9.30 Å². The standard InChI is InChI=1S/C19H21ClN4O/c1-13-16(19(20)23(2)22-13)18-17(14-7-4-3-5-8-14)21-12-24(18)11-15-9-6-10-25-15/h3-5,7-8,12,15H,6,9-11H2,1-2H3/t15-/m1/s1. The van der Waals surface area contributed by atoms with Crippen LogP contribution in [0.4, 0.5) is 0 Å². The minimum absolute atomic E-state index is 0.229. The second-order valence-electron chi connectivity index (χ2n) is 6.47. The van der Waals surface area contributed by atoms with Gasteiger partial charge in [0, 0.05) is 19.2 Å². The quantitative estimate of drug-likeness (QED) is 0.707. The summed E-state index contributed by atoms with van der Waals surface area (Å²) >= 11 is 6.58. The largest absolute Gasteiger partial charge is 0.376 e. The number of benzene rings is 1. The highest BCUT2D eigenvalue weighted by Crippen LogP contribution is 2.37. The topological polar surface area (TPSA) is 44.9 Å². The fourth-order valence-corrected chi connectivity index (χ4v) is 3.76. The van der Waals surface area contributed by atoms with Crippen LogP contribution in [0, 0.1) is 6.92 Å². The highest BCUT2D eigenvalue weighted by atomic mass is 35.5. The van der Waals surface area contributed by atoms with Crippen molar-refractivity contribution in [1.29, 1.82) is 0 Å². The molecule has 25 heavy (non-hydrogen) atoms. The van der Waals surface area contributed by atoms with Crippen molar-refractivity contribution in [2.45, 2.75) is 32.4 Å². The van der Waals surface area contributed by atoms with Gasteiger partial charge in [0.2, 0.25) is 0 Å². The van der Waals surface area contributed by atoms with Gasteiger partial charge in [-0.2, -0.15) is 5.10 Å². The van der Waals surface area contributed by atoms with Crippen molar-refractivity contribution < 1.29 is 4.74 Å². The van der Waals surface area contributed by atoms with E-state index >= 15 is 0 Å². The van der Waals surface area contributed by atoms with Gasteiger partial charge in [0.25, 0.3) is 0 Å². The van der Waals surface area contributed by atoms with Gasteiger partial charge in [-0.15, -0.1) is 0 Å². The fourth-order valence-electron chi connectivity index (χ4n) is 3.50. The van der Waals surface area contributed by atoms with E-state index in [0.29, 0.717) is 5.15 Å². The Kier molecular flexibility index (Phi) is 4.36. The summed E-state index contributed by atoms with van der Waals surface area (Å²) in [6, 6.07) is 10.2. The molecule has 3 aromatic rings. The van der Waals surface area contributed by atoms with Gasteiger partial charge in [-0.1, -0.05) is 41.9 Å². The molecule has 5 nitrogen and oxygen atoms in total. The molecule has 0 spiro atoms. The molecule has 0 amide bonds. The predicted octanol–water partition coefficient (Wildman–Crippen LogP) is 4.09. The molecule has 0 N–H and O–H groups in total. The fraction of sp³-hybridized carbons (Fsp3) is 0.368. The number of ether oxygens (including phenoxy) is 1. The Bertz CT molecular complexity index is 878. The molecule has 0 bridgehead atoms. The zero-order valence-corrected chi connectivity index (χ0v) is 15.2. The van der Waals surface area contributed by atoms with E-state index in [-0.39, 0.29) is 6.10 Å². The van der Waals surface area contributed by atoms with Crippen molar-refractivity contribution in [3.8, 4) is 22.5 Å². The third-order valence-electron chi connectivity index (χ3n) is 4.70. The van der Waals surface area contributed by atoms with Crippen LogP contribution in [0.15, 0.2) is 36.7 Å². The normalized spacial score (nSPS) is 17.3. The number of aromatic nitrogens is 4. The van der Waals surface area contributed by atoms with E-state index < -0.39 is 0 Å². The highest BCUT2D eigenvalue weighted by molar-refractivity contribution is 6.32. The summed E-state index contributed by atoms with van der Waals surface area (Å²) in [6.45, 7) is 3.60. The lowest BCUT2D eigenvalue weighted by Gasteiger charge is -2.14. The molecular weight excluding hydrogens is 336 g/mol. The number of aryl methyl sites for hydroxylation is 2. The molecule has 2 aromatic heterocycles. The average molecular weight is 357 g/mol. The van der Waals surface area contributed by atoms with E-state index in [2.05, 4.69) is 21.8 Å². The molecule has 3 heterocycles. The third kappa shape index (κ3) is 2.98. The van der Waals surface area contributed by atoms with Gasteiger partial charge in [0.15, 0.2) is 0 Å². The van der Waals surface area contributed by atoms with Crippen molar-refractivity contribution in [1.82, 2.24) is 19.3 Å². The molecule has 1 aliphatic rings. The zero-order chi connectivity index (χ0) is 17.4. The summed E-state index contributed by atoms with van der Waals surface area (Å²) in [5.74, 6) is 0. The average Bonchev–Trinajstić information content (AvgIpc) is 3.31. The van der Waals surface area contributed by atoms with E-state index in [1.165, 1.54) is 0 Å². The monoisotopic (exact) mass is 356 g/mol. The van der Waals surface area contributed by atoms with E-state index in [1.54, 1.807) is 4.68 Å². The number of nitrogens with zero attached hydrogens (tertiary/aromatic N) is 4. The number of rotatable bonds is 4.